The van der Waals surface area contributed by atoms with Crippen molar-refractivity contribution in [1.29, 1.82) is 0 Å². The summed E-state index contributed by atoms with van der Waals surface area (Å²) in [6, 6.07) is 84.6. The highest BCUT2D eigenvalue weighted by Gasteiger charge is 2.45. The smallest absolute Gasteiger partial charge is 0.157 e. The van der Waals surface area contributed by atoms with E-state index in [1.165, 1.54) is 71.6 Å². The van der Waals surface area contributed by atoms with Crippen molar-refractivity contribution in [3.8, 4) is 33.4 Å². The van der Waals surface area contributed by atoms with Crippen LogP contribution in [0.1, 0.15) is 38.9 Å². The van der Waals surface area contributed by atoms with Crippen molar-refractivity contribution in [2.24, 2.45) is 15.7 Å². The first kappa shape index (κ1) is 37.8. The highest BCUT2D eigenvalue weighted by Crippen LogP contribution is 2.56. The molecule has 3 nitrogen and oxygen atoms in total. The van der Waals surface area contributed by atoms with Crippen molar-refractivity contribution >= 4 is 33.2 Å². The van der Waals surface area contributed by atoms with E-state index in [-0.39, 0.29) is 0 Å². The van der Waals surface area contributed by atoms with Crippen molar-refractivity contribution in [2.45, 2.75) is 12.0 Å². The van der Waals surface area contributed by atoms with Gasteiger partial charge in [-0.15, -0.1) is 0 Å². The lowest BCUT2D eigenvalue weighted by molar-refractivity contribution is 0.768. The van der Waals surface area contributed by atoms with E-state index in [2.05, 4.69) is 188 Å². The first-order valence-corrected chi connectivity index (χ1v) is 21.6. The van der Waals surface area contributed by atoms with Gasteiger partial charge in [0.15, 0.2) is 5.84 Å². The number of hydrogen-bond donors (Lipinski definition) is 1. The Hall–Kier alpha value is -8.14. The van der Waals surface area contributed by atoms with Crippen LogP contribution in [0.25, 0.3) is 54.9 Å². The van der Waals surface area contributed by atoms with E-state index in [0.717, 1.165) is 22.3 Å². The molecular formula is C60H43N3. The average molecular weight is 806 g/mol. The molecule has 0 saturated heterocycles. The highest BCUT2D eigenvalue weighted by atomic mass is 15.0. The number of nitrogens with two attached hydrogens (primary N) is 1. The number of amidine groups is 2. The lowest BCUT2D eigenvalue weighted by atomic mass is 9.67. The maximum Gasteiger partial charge on any atom is 0.157 e. The second-order valence-electron chi connectivity index (χ2n) is 16.2. The molecule has 0 amide bonds. The minimum absolute atomic E-state index is 0.417. The monoisotopic (exact) mass is 805 g/mol. The molecule has 11 rings (SSSR count). The number of nitrogens with zero attached hydrogens (tertiary/aromatic N) is 2. The minimum atomic E-state index is -0.580. The van der Waals surface area contributed by atoms with Crippen LogP contribution in [0.15, 0.2) is 247 Å². The van der Waals surface area contributed by atoms with E-state index in [0.29, 0.717) is 18.2 Å². The van der Waals surface area contributed by atoms with Gasteiger partial charge in [0, 0.05) is 11.1 Å². The molecule has 2 N–H and O–H groups in total. The molecule has 10 aromatic carbocycles. The van der Waals surface area contributed by atoms with Gasteiger partial charge in [-0.25, -0.2) is 4.99 Å². The minimum Gasteiger partial charge on any atom is -0.383 e. The van der Waals surface area contributed by atoms with Gasteiger partial charge in [-0.05, 0) is 82.7 Å². The van der Waals surface area contributed by atoms with Crippen molar-refractivity contribution in [2.75, 3.05) is 0 Å². The second-order valence-corrected chi connectivity index (χ2v) is 16.2. The Bertz CT molecular complexity index is 3230. The fraction of sp³-hybridized carbons (Fsp3) is 0.0333. The maximum atomic E-state index is 6.87. The van der Waals surface area contributed by atoms with Crippen LogP contribution in [0, 0.1) is 0 Å². The predicted octanol–water partition coefficient (Wildman–Crippen LogP) is 14.0. The average Bonchev–Trinajstić information content (AvgIpc) is 3.66. The van der Waals surface area contributed by atoms with Crippen molar-refractivity contribution in [3.05, 3.63) is 276 Å². The number of rotatable bonds is 8. The quantitative estimate of drug-likeness (QED) is 0.0928. The predicted molar refractivity (Wildman–Crippen MR) is 263 cm³/mol. The largest absolute Gasteiger partial charge is 0.383 e. The van der Waals surface area contributed by atoms with Gasteiger partial charge in [-0.2, -0.15) is 0 Å². The first-order chi connectivity index (χ1) is 31.2. The third-order valence-electron chi connectivity index (χ3n) is 12.7. The molecule has 0 aromatic heterocycles. The Labute approximate surface area is 368 Å². The Morgan fingerprint density at radius 1 is 0.381 bits per heavy atom. The van der Waals surface area contributed by atoms with Crippen molar-refractivity contribution < 1.29 is 0 Å². The summed E-state index contributed by atoms with van der Waals surface area (Å²) in [7, 11) is 0. The summed E-state index contributed by atoms with van der Waals surface area (Å²) in [6.07, 6.45) is 0. The van der Waals surface area contributed by atoms with E-state index < -0.39 is 5.41 Å². The SMILES string of the molecule is NC(=NC(=NCc1ccccc1)c1ccccc1)c1ccc(C2(c3ccc(-c4c5ccccc5c(-c5ccccc5)c5ccccc45)cc3)c3ccccc3-c3ccccc32)cc1. The fourth-order valence-corrected chi connectivity index (χ4v) is 9.86. The zero-order valence-corrected chi connectivity index (χ0v) is 34.7. The van der Waals surface area contributed by atoms with Crippen LogP contribution in [0.3, 0.4) is 0 Å². The van der Waals surface area contributed by atoms with Crippen molar-refractivity contribution in [3.63, 3.8) is 0 Å². The van der Waals surface area contributed by atoms with Gasteiger partial charge in [0.1, 0.15) is 5.84 Å². The van der Waals surface area contributed by atoms with Crippen LogP contribution in [-0.2, 0) is 12.0 Å². The summed E-state index contributed by atoms with van der Waals surface area (Å²) >= 11 is 0. The summed E-state index contributed by atoms with van der Waals surface area (Å²) in [4.78, 5) is 9.90. The Balaban J connectivity index is 1.05. The van der Waals surface area contributed by atoms with Crippen molar-refractivity contribution in [1.82, 2.24) is 0 Å². The summed E-state index contributed by atoms with van der Waals surface area (Å²) in [5.74, 6) is 1.02. The molecule has 0 unspecified atom stereocenters. The van der Waals surface area contributed by atoms with Crippen LogP contribution < -0.4 is 5.73 Å². The normalized spacial score (nSPS) is 13.2. The second kappa shape index (κ2) is 16.0. The molecule has 0 bridgehead atoms. The van der Waals surface area contributed by atoms with Gasteiger partial charge in [0.2, 0.25) is 0 Å². The third-order valence-corrected chi connectivity index (χ3v) is 12.7. The molecule has 298 valence electrons. The summed E-state index contributed by atoms with van der Waals surface area (Å²) in [5.41, 5.74) is 21.5. The molecule has 0 atom stereocenters. The van der Waals surface area contributed by atoms with Gasteiger partial charge in [0.25, 0.3) is 0 Å². The van der Waals surface area contributed by atoms with Gasteiger partial charge in [-0.1, -0.05) is 237 Å². The zero-order valence-electron chi connectivity index (χ0n) is 34.7. The lowest BCUT2D eigenvalue weighted by Crippen LogP contribution is -2.28. The van der Waals surface area contributed by atoms with Crippen LogP contribution in [0.2, 0.25) is 0 Å². The summed E-state index contributed by atoms with van der Waals surface area (Å²) in [6.45, 7) is 0.506. The molecular weight excluding hydrogens is 763 g/mol. The van der Waals surface area contributed by atoms with Crippen LogP contribution in [-0.4, -0.2) is 11.7 Å². The van der Waals surface area contributed by atoms with E-state index in [4.69, 9.17) is 15.7 Å². The third kappa shape index (κ3) is 6.54. The van der Waals surface area contributed by atoms with E-state index in [1.807, 2.05) is 48.5 Å². The molecule has 1 aliphatic carbocycles. The Morgan fingerprint density at radius 2 is 0.794 bits per heavy atom. The molecule has 63 heavy (non-hydrogen) atoms. The molecule has 0 spiro atoms. The molecule has 0 fully saturated rings. The number of benzene rings is 10. The van der Waals surface area contributed by atoms with Crippen LogP contribution in [0.5, 0.6) is 0 Å². The first-order valence-electron chi connectivity index (χ1n) is 21.6. The van der Waals surface area contributed by atoms with E-state index in [1.54, 1.807) is 0 Å². The molecule has 0 saturated carbocycles. The van der Waals surface area contributed by atoms with Crippen LogP contribution in [0.4, 0.5) is 0 Å². The Morgan fingerprint density at radius 3 is 1.32 bits per heavy atom. The van der Waals surface area contributed by atoms with Gasteiger partial charge in [-0.3, -0.25) is 4.99 Å². The van der Waals surface area contributed by atoms with Crippen LogP contribution >= 0.6 is 0 Å². The molecule has 0 radical (unpaired) electrons. The summed E-state index contributed by atoms with van der Waals surface area (Å²) in [5, 5.41) is 4.98. The maximum absolute atomic E-state index is 6.87. The van der Waals surface area contributed by atoms with Gasteiger partial charge < -0.3 is 5.73 Å². The highest BCUT2D eigenvalue weighted by molar-refractivity contribution is 6.21. The van der Waals surface area contributed by atoms with E-state index >= 15 is 0 Å². The number of fused-ring (bicyclic) bond motifs is 5. The van der Waals surface area contributed by atoms with Gasteiger partial charge in [0.05, 0.1) is 12.0 Å². The molecule has 10 aromatic rings. The molecule has 0 heterocycles. The topological polar surface area (TPSA) is 50.7 Å². The van der Waals surface area contributed by atoms with Gasteiger partial charge >= 0.3 is 0 Å². The molecule has 0 aliphatic heterocycles. The number of hydrogen-bond acceptors (Lipinski definition) is 1. The molecule has 3 heteroatoms. The molecule has 1 aliphatic rings. The number of aliphatic imine (C=N–C) groups is 2. The standard InChI is InChI=1S/C60H43N3/c61-58(63-59(45-22-8-3-9-23-45)62-40-41-18-4-1-5-19-41)44-34-38-47(39-35-44)60(54-30-16-14-24-48(54)49-25-15-17-31-55(49)60)46-36-32-43(33-37-46)57-52-28-12-10-26-50(52)56(42-20-6-2-7-21-42)51-27-11-13-29-53(51)57/h1-39H,40H2,(H2,61,62,63). The Kier molecular flexibility index (Phi) is 9.63. The lowest BCUT2D eigenvalue weighted by Gasteiger charge is -2.34. The van der Waals surface area contributed by atoms with E-state index in [9.17, 15) is 0 Å². The fourth-order valence-electron chi connectivity index (χ4n) is 9.86. The summed E-state index contributed by atoms with van der Waals surface area (Å²) < 4.78 is 0. The zero-order chi connectivity index (χ0) is 42.2.